The van der Waals surface area contributed by atoms with Crippen molar-refractivity contribution in [3.8, 4) is 23.0 Å². The van der Waals surface area contributed by atoms with Crippen molar-refractivity contribution in [2.24, 2.45) is 0 Å². The molecule has 9 heteroatoms. The third-order valence-corrected chi connectivity index (χ3v) is 5.28. The van der Waals surface area contributed by atoms with Crippen LogP contribution < -0.4 is 24.3 Å². The molecule has 3 aromatic rings. The van der Waals surface area contributed by atoms with Gasteiger partial charge in [0.15, 0.2) is 28.7 Å². The number of benzene rings is 2. The van der Waals surface area contributed by atoms with Gasteiger partial charge in [-0.25, -0.2) is 0 Å². The monoisotopic (exact) mass is 423 g/mol. The lowest BCUT2D eigenvalue weighted by atomic mass is 10.1. The molecule has 2 aromatic carbocycles. The highest BCUT2D eigenvalue weighted by Gasteiger charge is 2.26. The number of carbonyl (C=O) groups excluding carboxylic acids is 1. The van der Waals surface area contributed by atoms with E-state index < -0.39 is 0 Å². The standard InChI is InChI=1S/C22H21N3O6/c1-27-17-6-4-14(8-19(17)28-2)23-22(26)16-9-15-11-29-21(10-25(15)24-16)13-3-5-18-20(7-13)31-12-30-18/h3-9,21H,10-12H2,1-2H3,(H,23,26)/t21-/m1/s1. The van der Waals surface area contributed by atoms with Crippen molar-refractivity contribution in [3.63, 3.8) is 0 Å². The van der Waals surface area contributed by atoms with Gasteiger partial charge in [0.1, 0.15) is 6.10 Å². The van der Waals surface area contributed by atoms with Crippen LogP contribution in [0.15, 0.2) is 42.5 Å². The number of hydrogen-bond donors (Lipinski definition) is 1. The summed E-state index contributed by atoms with van der Waals surface area (Å²) in [6.45, 7) is 1.08. The fourth-order valence-corrected chi connectivity index (χ4v) is 3.66. The SMILES string of the molecule is COc1ccc(NC(=O)c2cc3n(n2)C[C@H](c2ccc4c(c2)OCO4)OC3)cc1OC. The van der Waals surface area contributed by atoms with Crippen molar-refractivity contribution < 1.29 is 28.5 Å². The topological polar surface area (TPSA) is 93.1 Å². The predicted octanol–water partition coefficient (Wildman–Crippen LogP) is 3.15. The highest BCUT2D eigenvalue weighted by molar-refractivity contribution is 6.03. The third-order valence-electron chi connectivity index (χ3n) is 5.28. The molecule has 1 N–H and O–H groups in total. The molecule has 0 fully saturated rings. The van der Waals surface area contributed by atoms with Crippen LogP contribution in [0.4, 0.5) is 5.69 Å². The summed E-state index contributed by atoms with van der Waals surface area (Å²) in [6.07, 6.45) is -0.191. The lowest BCUT2D eigenvalue weighted by Crippen LogP contribution is -2.22. The number of rotatable bonds is 5. The molecular weight excluding hydrogens is 402 g/mol. The average Bonchev–Trinajstić information content (AvgIpc) is 3.44. The van der Waals surface area contributed by atoms with Gasteiger partial charge in [-0.1, -0.05) is 6.07 Å². The Balaban J connectivity index is 1.31. The number of carbonyl (C=O) groups is 1. The summed E-state index contributed by atoms with van der Waals surface area (Å²) in [4.78, 5) is 12.7. The summed E-state index contributed by atoms with van der Waals surface area (Å²) in [6, 6.07) is 12.7. The zero-order valence-electron chi connectivity index (χ0n) is 17.1. The molecule has 160 valence electrons. The van der Waals surface area contributed by atoms with Crippen molar-refractivity contribution in [2.75, 3.05) is 26.3 Å². The Kier molecular flexibility index (Phi) is 4.87. The molecule has 1 amide bonds. The number of methoxy groups -OCH3 is 2. The minimum atomic E-state index is -0.311. The molecule has 5 rings (SSSR count). The van der Waals surface area contributed by atoms with E-state index in [1.54, 1.807) is 38.5 Å². The van der Waals surface area contributed by atoms with Gasteiger partial charge < -0.3 is 29.0 Å². The summed E-state index contributed by atoms with van der Waals surface area (Å²) in [5.74, 6) is 2.25. The second-order valence-electron chi connectivity index (χ2n) is 7.14. The Labute approximate surface area is 178 Å². The molecule has 9 nitrogen and oxygen atoms in total. The summed E-state index contributed by atoms with van der Waals surface area (Å²) < 4.78 is 29.1. The van der Waals surface area contributed by atoms with E-state index in [0.717, 1.165) is 17.0 Å². The van der Waals surface area contributed by atoms with Gasteiger partial charge in [-0.15, -0.1) is 0 Å². The maximum atomic E-state index is 12.7. The van der Waals surface area contributed by atoms with Crippen LogP contribution in [0.1, 0.15) is 27.8 Å². The first kappa shape index (κ1) is 19.3. The van der Waals surface area contributed by atoms with Gasteiger partial charge in [-0.3, -0.25) is 9.48 Å². The van der Waals surface area contributed by atoms with Gasteiger partial charge >= 0.3 is 0 Å². The minimum absolute atomic E-state index is 0.191. The molecule has 31 heavy (non-hydrogen) atoms. The molecule has 1 aromatic heterocycles. The highest BCUT2D eigenvalue weighted by Crippen LogP contribution is 2.36. The van der Waals surface area contributed by atoms with Crippen molar-refractivity contribution in [1.29, 1.82) is 0 Å². The van der Waals surface area contributed by atoms with Gasteiger partial charge in [0.25, 0.3) is 5.91 Å². The van der Waals surface area contributed by atoms with E-state index in [-0.39, 0.29) is 18.8 Å². The van der Waals surface area contributed by atoms with Crippen LogP contribution in [-0.4, -0.2) is 36.7 Å². The Bertz CT molecular complexity index is 1140. The predicted molar refractivity (Wildman–Crippen MR) is 110 cm³/mol. The second-order valence-corrected chi connectivity index (χ2v) is 7.14. The Morgan fingerprint density at radius 3 is 2.74 bits per heavy atom. The number of ether oxygens (including phenoxy) is 5. The molecule has 0 radical (unpaired) electrons. The zero-order valence-corrected chi connectivity index (χ0v) is 17.1. The van der Waals surface area contributed by atoms with Gasteiger partial charge in [-0.05, 0) is 35.9 Å². The van der Waals surface area contributed by atoms with Crippen molar-refractivity contribution in [2.45, 2.75) is 19.3 Å². The number of hydrogen-bond acceptors (Lipinski definition) is 7. The molecule has 3 heterocycles. The first-order valence-corrected chi connectivity index (χ1v) is 9.76. The minimum Gasteiger partial charge on any atom is -0.493 e. The Morgan fingerprint density at radius 2 is 1.90 bits per heavy atom. The molecule has 1 atom stereocenters. The Morgan fingerprint density at radius 1 is 1.06 bits per heavy atom. The molecular formula is C22H21N3O6. The van der Waals surface area contributed by atoms with Gasteiger partial charge in [-0.2, -0.15) is 5.10 Å². The maximum Gasteiger partial charge on any atom is 0.276 e. The number of nitrogens with one attached hydrogen (secondary N) is 1. The van der Waals surface area contributed by atoms with Crippen LogP contribution in [0.3, 0.4) is 0 Å². The lowest BCUT2D eigenvalue weighted by Gasteiger charge is -2.24. The summed E-state index contributed by atoms with van der Waals surface area (Å²) in [5, 5.41) is 7.33. The summed E-state index contributed by atoms with van der Waals surface area (Å²) in [5.41, 5.74) is 2.72. The maximum absolute atomic E-state index is 12.7. The van der Waals surface area contributed by atoms with Crippen molar-refractivity contribution in [1.82, 2.24) is 9.78 Å². The zero-order chi connectivity index (χ0) is 21.4. The largest absolute Gasteiger partial charge is 0.493 e. The number of fused-ring (bicyclic) bond motifs is 2. The van der Waals surface area contributed by atoms with E-state index in [2.05, 4.69) is 10.4 Å². The molecule has 0 saturated carbocycles. The quantitative estimate of drug-likeness (QED) is 0.674. The molecule has 0 spiro atoms. The fourth-order valence-electron chi connectivity index (χ4n) is 3.66. The first-order chi connectivity index (χ1) is 15.1. The number of amides is 1. The van der Waals surface area contributed by atoms with Crippen LogP contribution in [0.5, 0.6) is 23.0 Å². The molecule has 0 saturated heterocycles. The van der Waals surface area contributed by atoms with Crippen LogP contribution in [0.2, 0.25) is 0 Å². The van der Waals surface area contributed by atoms with E-state index in [0.29, 0.717) is 41.8 Å². The van der Waals surface area contributed by atoms with E-state index >= 15 is 0 Å². The molecule has 0 unspecified atom stereocenters. The van der Waals surface area contributed by atoms with Crippen LogP contribution in [-0.2, 0) is 17.9 Å². The third kappa shape index (κ3) is 3.64. The van der Waals surface area contributed by atoms with E-state index in [1.807, 2.05) is 22.9 Å². The molecule has 0 aliphatic carbocycles. The van der Waals surface area contributed by atoms with Crippen molar-refractivity contribution >= 4 is 11.6 Å². The second kappa shape index (κ2) is 7.84. The van der Waals surface area contributed by atoms with Crippen LogP contribution in [0, 0.1) is 0 Å². The Hall–Kier alpha value is -3.72. The molecule has 2 aliphatic heterocycles. The van der Waals surface area contributed by atoms with E-state index in [9.17, 15) is 4.79 Å². The van der Waals surface area contributed by atoms with Crippen molar-refractivity contribution in [3.05, 3.63) is 59.4 Å². The summed E-state index contributed by atoms with van der Waals surface area (Å²) >= 11 is 0. The lowest BCUT2D eigenvalue weighted by molar-refractivity contribution is -0.00127. The van der Waals surface area contributed by atoms with E-state index in [4.69, 9.17) is 23.7 Å². The molecule has 0 bridgehead atoms. The van der Waals surface area contributed by atoms with Gasteiger partial charge in [0.05, 0.1) is 33.1 Å². The highest BCUT2D eigenvalue weighted by atomic mass is 16.7. The number of nitrogens with zero attached hydrogens (tertiary/aromatic N) is 2. The van der Waals surface area contributed by atoms with Gasteiger partial charge in [0, 0.05) is 11.8 Å². The van der Waals surface area contributed by atoms with E-state index in [1.165, 1.54) is 0 Å². The van der Waals surface area contributed by atoms with Crippen LogP contribution >= 0.6 is 0 Å². The number of anilines is 1. The smallest absolute Gasteiger partial charge is 0.276 e. The summed E-state index contributed by atoms with van der Waals surface area (Å²) in [7, 11) is 3.11. The number of aromatic nitrogens is 2. The van der Waals surface area contributed by atoms with Gasteiger partial charge in [0.2, 0.25) is 6.79 Å². The normalized spacial score (nSPS) is 16.5. The molecule has 2 aliphatic rings. The van der Waals surface area contributed by atoms with Crippen LogP contribution in [0.25, 0.3) is 0 Å². The average molecular weight is 423 g/mol. The fraction of sp³-hybridized carbons (Fsp3) is 0.273. The first-order valence-electron chi connectivity index (χ1n) is 9.76.